The van der Waals surface area contributed by atoms with E-state index in [-0.39, 0.29) is 27.4 Å². The van der Waals surface area contributed by atoms with Gasteiger partial charge in [0.15, 0.2) is 8.32 Å². The summed E-state index contributed by atoms with van der Waals surface area (Å²) in [5, 5.41) is 0.0454. The maximum atomic E-state index is 12.3. The fourth-order valence-electron chi connectivity index (χ4n) is 2.40. The zero-order valence-electron chi connectivity index (χ0n) is 14.2. The van der Waals surface area contributed by atoms with E-state index in [0.717, 1.165) is 0 Å². The Kier molecular flexibility index (Phi) is 5.93. The largest absolute Gasteiger partial charge is 0.413 e. The van der Waals surface area contributed by atoms with Crippen LogP contribution in [-0.2, 0) is 14.0 Å². The van der Waals surface area contributed by atoms with E-state index in [2.05, 4.69) is 33.9 Å². The topological polar surface area (TPSA) is 46.6 Å². The lowest BCUT2D eigenvalue weighted by molar-refractivity contribution is -0.167. The first kappa shape index (κ1) is 19.7. The van der Waals surface area contributed by atoms with Crippen molar-refractivity contribution in [1.82, 2.24) is 4.90 Å². The van der Waals surface area contributed by atoms with Crippen molar-refractivity contribution < 1.29 is 14.0 Å². The first-order valence-corrected chi connectivity index (χ1v) is 11.0. The lowest BCUT2D eigenvalue weighted by Gasteiger charge is -2.49. The second-order valence-corrected chi connectivity index (χ2v) is 13.0. The van der Waals surface area contributed by atoms with Crippen LogP contribution in [0.3, 0.4) is 0 Å². The molecule has 1 aliphatic heterocycles. The van der Waals surface area contributed by atoms with Crippen LogP contribution >= 0.6 is 23.2 Å². The third-order valence-electron chi connectivity index (χ3n) is 4.62. The number of halogens is 2. The van der Waals surface area contributed by atoms with E-state index in [9.17, 15) is 9.59 Å². The molecule has 0 aromatic heterocycles. The number of hydrogen-bond donors (Lipinski definition) is 0. The van der Waals surface area contributed by atoms with Gasteiger partial charge in [-0.25, -0.2) is 0 Å². The molecule has 126 valence electrons. The number of carbonyl (C=O) groups is 2. The van der Waals surface area contributed by atoms with Crippen molar-refractivity contribution in [2.24, 2.45) is 5.92 Å². The van der Waals surface area contributed by atoms with E-state index >= 15 is 0 Å². The molecule has 1 fully saturated rings. The molecule has 0 aliphatic carbocycles. The molecule has 0 radical (unpaired) electrons. The molecule has 4 nitrogen and oxygen atoms in total. The lowest BCUT2D eigenvalue weighted by Crippen LogP contribution is -2.66. The van der Waals surface area contributed by atoms with Crippen molar-refractivity contribution in [3.8, 4) is 0 Å². The van der Waals surface area contributed by atoms with Crippen LogP contribution in [0, 0.1) is 5.92 Å². The van der Waals surface area contributed by atoms with Gasteiger partial charge < -0.3 is 4.43 Å². The molecule has 1 aliphatic rings. The average molecular weight is 366 g/mol. The minimum absolute atomic E-state index is 0.0454. The predicted molar refractivity (Wildman–Crippen MR) is 92.3 cm³/mol. The van der Waals surface area contributed by atoms with Gasteiger partial charge in [0.1, 0.15) is 4.49 Å². The molecule has 0 aromatic carbocycles. The van der Waals surface area contributed by atoms with Crippen LogP contribution in [-0.4, -0.2) is 37.2 Å². The number of hydrogen-bond acceptors (Lipinski definition) is 3. The van der Waals surface area contributed by atoms with Crippen molar-refractivity contribution in [3.05, 3.63) is 10.6 Å². The summed E-state index contributed by atoms with van der Waals surface area (Å²) in [4.78, 5) is 25.1. The number of rotatable bonds is 4. The van der Waals surface area contributed by atoms with Gasteiger partial charge in [-0.05, 0) is 31.1 Å². The van der Waals surface area contributed by atoms with E-state index in [1.165, 1.54) is 17.9 Å². The fraction of sp³-hybridized carbons (Fsp3) is 0.733. The zero-order valence-corrected chi connectivity index (χ0v) is 16.7. The van der Waals surface area contributed by atoms with E-state index in [0.29, 0.717) is 0 Å². The maximum Gasteiger partial charge on any atom is 0.237 e. The molecule has 2 amide bonds. The first-order chi connectivity index (χ1) is 9.79. The highest BCUT2D eigenvalue weighted by Crippen LogP contribution is 2.41. The fourth-order valence-corrected chi connectivity index (χ4v) is 4.09. The number of β-lactam (4-membered cyclic amide) rings is 1. The number of carbonyl (C=O) groups excluding carboxylic acids is 2. The highest BCUT2D eigenvalue weighted by molar-refractivity contribution is 6.74. The predicted octanol–water partition coefficient (Wildman–Crippen LogP) is 4.09. The molecular weight excluding hydrogens is 341 g/mol. The Hall–Kier alpha value is -0.363. The lowest BCUT2D eigenvalue weighted by atomic mass is 9.83. The molecule has 0 saturated carbocycles. The van der Waals surface area contributed by atoms with Gasteiger partial charge in [0, 0.05) is 6.92 Å². The molecule has 0 aromatic rings. The normalized spacial score (nSPS) is 23.9. The minimum Gasteiger partial charge on any atom is -0.413 e. The van der Waals surface area contributed by atoms with Crippen molar-refractivity contribution in [2.75, 3.05) is 0 Å². The highest BCUT2D eigenvalue weighted by atomic mass is 35.5. The molecule has 0 bridgehead atoms. The summed E-state index contributed by atoms with van der Waals surface area (Å²) in [6, 6.07) is -0.435. The van der Waals surface area contributed by atoms with Gasteiger partial charge in [0.05, 0.1) is 18.1 Å². The van der Waals surface area contributed by atoms with Crippen LogP contribution in [0.5, 0.6) is 0 Å². The Morgan fingerprint density at radius 2 is 1.86 bits per heavy atom. The maximum absolute atomic E-state index is 12.3. The highest BCUT2D eigenvalue weighted by Gasteiger charge is 2.53. The Morgan fingerprint density at radius 3 is 2.23 bits per heavy atom. The van der Waals surface area contributed by atoms with Crippen LogP contribution < -0.4 is 0 Å². The summed E-state index contributed by atoms with van der Waals surface area (Å²) < 4.78 is 6.33. The number of imide groups is 1. The second kappa shape index (κ2) is 6.63. The van der Waals surface area contributed by atoms with Gasteiger partial charge in [-0.15, -0.1) is 0 Å². The Bertz CT molecular complexity index is 496. The monoisotopic (exact) mass is 365 g/mol. The van der Waals surface area contributed by atoms with Gasteiger partial charge in [0.2, 0.25) is 11.8 Å². The van der Waals surface area contributed by atoms with Crippen molar-refractivity contribution >= 4 is 43.3 Å². The molecule has 7 heteroatoms. The molecule has 0 unspecified atom stereocenters. The second-order valence-electron chi connectivity index (χ2n) is 7.28. The van der Waals surface area contributed by atoms with Crippen LogP contribution in [0.2, 0.25) is 18.1 Å². The summed E-state index contributed by atoms with van der Waals surface area (Å²) >= 11 is 11.4. The molecule has 3 atom stereocenters. The molecule has 1 saturated heterocycles. The van der Waals surface area contributed by atoms with Gasteiger partial charge in [-0.3, -0.25) is 14.5 Å². The standard InChI is InChI=1S/C15H25Cl2NO3Si/c1-9(21-22(6,7)15(3,4)5)13-11(8-12(16)17)18(10(2)19)14(13)20/h8-9,11,13H,1-7H3/t9-,11-,13-/m1/s1. The van der Waals surface area contributed by atoms with Gasteiger partial charge in [0.25, 0.3) is 0 Å². The van der Waals surface area contributed by atoms with E-state index in [4.69, 9.17) is 27.6 Å². The summed E-state index contributed by atoms with van der Waals surface area (Å²) in [7, 11) is -2.00. The first-order valence-electron chi connectivity index (χ1n) is 7.34. The van der Waals surface area contributed by atoms with Crippen molar-refractivity contribution in [2.45, 2.75) is 64.9 Å². The van der Waals surface area contributed by atoms with Crippen LogP contribution in [0.4, 0.5) is 0 Å². The number of amides is 2. The Morgan fingerprint density at radius 1 is 1.36 bits per heavy atom. The summed E-state index contributed by atoms with van der Waals surface area (Å²) in [6.07, 6.45) is 1.24. The average Bonchev–Trinajstić information content (AvgIpc) is 2.24. The van der Waals surface area contributed by atoms with Gasteiger partial charge in [-0.1, -0.05) is 44.0 Å². The van der Waals surface area contributed by atoms with E-state index in [1.807, 2.05) is 6.92 Å². The summed E-state index contributed by atoms with van der Waals surface area (Å²) in [6.45, 7) is 13.9. The van der Waals surface area contributed by atoms with Gasteiger partial charge >= 0.3 is 0 Å². The smallest absolute Gasteiger partial charge is 0.237 e. The minimum atomic E-state index is -2.00. The summed E-state index contributed by atoms with van der Waals surface area (Å²) in [5.41, 5.74) is 0. The molecule has 0 N–H and O–H groups in total. The third kappa shape index (κ3) is 3.93. The number of likely N-dealkylation sites (tertiary alicyclic amines) is 1. The van der Waals surface area contributed by atoms with Crippen molar-refractivity contribution in [3.63, 3.8) is 0 Å². The molecule has 1 heterocycles. The Labute approximate surface area is 143 Å². The van der Waals surface area contributed by atoms with Crippen molar-refractivity contribution in [1.29, 1.82) is 0 Å². The van der Waals surface area contributed by atoms with Gasteiger partial charge in [-0.2, -0.15) is 0 Å². The van der Waals surface area contributed by atoms with Crippen LogP contribution in [0.1, 0.15) is 34.6 Å². The Balaban J connectivity index is 2.97. The van der Waals surface area contributed by atoms with E-state index < -0.39 is 20.3 Å². The molecule has 1 rings (SSSR count). The molecule has 22 heavy (non-hydrogen) atoms. The summed E-state index contributed by atoms with van der Waals surface area (Å²) in [5.74, 6) is -0.961. The quantitative estimate of drug-likeness (QED) is 0.556. The van der Waals surface area contributed by atoms with E-state index in [1.54, 1.807) is 0 Å². The third-order valence-corrected chi connectivity index (χ3v) is 9.44. The zero-order chi connectivity index (χ0) is 17.5. The van der Waals surface area contributed by atoms with Crippen LogP contribution in [0.15, 0.2) is 10.6 Å². The SMILES string of the molecule is CC(=O)N1C(=O)[C@H]([C@@H](C)O[Si](C)(C)C(C)(C)C)[C@H]1C=C(Cl)Cl. The molecule has 0 spiro atoms. The molecular formula is C15H25Cl2NO3Si. The number of nitrogens with zero attached hydrogens (tertiary/aromatic N) is 1. The van der Waals surface area contributed by atoms with Crippen LogP contribution in [0.25, 0.3) is 0 Å².